The highest BCUT2D eigenvalue weighted by Crippen LogP contribution is 2.23. The Hall–Kier alpha value is -2.35. The van der Waals surface area contributed by atoms with Gasteiger partial charge in [0.1, 0.15) is 4.90 Å². The fourth-order valence-corrected chi connectivity index (χ4v) is 3.76. The summed E-state index contributed by atoms with van der Waals surface area (Å²) in [5.74, 6) is 0. The van der Waals surface area contributed by atoms with Crippen LogP contribution in [-0.2, 0) is 17.1 Å². The molecule has 0 atom stereocenters. The average molecular weight is 305 g/mol. The minimum atomic E-state index is -3.67. The summed E-state index contributed by atoms with van der Waals surface area (Å²) in [6.45, 7) is 3.33. The lowest BCUT2D eigenvalue weighted by Gasteiger charge is -2.08. The van der Waals surface area contributed by atoms with Gasteiger partial charge in [-0.05, 0) is 32.0 Å². The molecule has 0 amide bonds. The number of aryl methyl sites for hydroxylation is 3. The second-order valence-corrected chi connectivity index (χ2v) is 6.55. The number of rotatable bonds is 3. The van der Waals surface area contributed by atoms with Gasteiger partial charge in [-0.2, -0.15) is 5.10 Å². The van der Waals surface area contributed by atoms with Gasteiger partial charge in [-0.25, -0.2) is 13.4 Å². The van der Waals surface area contributed by atoms with E-state index < -0.39 is 10.0 Å². The van der Waals surface area contributed by atoms with Crippen molar-refractivity contribution in [3.63, 3.8) is 0 Å². The first-order chi connectivity index (χ1) is 9.88. The molecule has 0 saturated carbocycles. The SMILES string of the molecule is Cc1n[nH]c(C)c1S(=O)(=O)Nc1ccc2c(c1)ncn2C. The van der Waals surface area contributed by atoms with E-state index >= 15 is 0 Å². The van der Waals surface area contributed by atoms with Crippen LogP contribution in [0.15, 0.2) is 29.4 Å². The topological polar surface area (TPSA) is 92.7 Å². The number of imidazole rings is 1. The summed E-state index contributed by atoms with van der Waals surface area (Å²) in [6.07, 6.45) is 1.69. The Morgan fingerprint density at radius 1 is 1.29 bits per heavy atom. The van der Waals surface area contributed by atoms with E-state index in [4.69, 9.17) is 0 Å². The molecule has 7 nitrogen and oxygen atoms in total. The first kappa shape index (κ1) is 13.6. The van der Waals surface area contributed by atoms with Gasteiger partial charge in [0.25, 0.3) is 10.0 Å². The average Bonchev–Trinajstić information content (AvgIpc) is 2.93. The second-order valence-electron chi connectivity index (χ2n) is 4.93. The first-order valence-corrected chi connectivity index (χ1v) is 7.82. The quantitative estimate of drug-likeness (QED) is 0.770. The van der Waals surface area contributed by atoms with Crippen LogP contribution in [0.4, 0.5) is 5.69 Å². The van der Waals surface area contributed by atoms with Crippen molar-refractivity contribution >= 4 is 26.7 Å². The van der Waals surface area contributed by atoms with Gasteiger partial charge in [0, 0.05) is 7.05 Å². The highest BCUT2D eigenvalue weighted by molar-refractivity contribution is 7.92. The van der Waals surface area contributed by atoms with E-state index in [-0.39, 0.29) is 4.90 Å². The van der Waals surface area contributed by atoms with Crippen molar-refractivity contribution in [3.05, 3.63) is 35.9 Å². The second kappa shape index (κ2) is 4.59. The molecule has 0 radical (unpaired) electrons. The van der Waals surface area contributed by atoms with Crippen molar-refractivity contribution in [2.24, 2.45) is 7.05 Å². The molecule has 110 valence electrons. The molecule has 0 unspecified atom stereocenters. The Morgan fingerprint density at radius 3 is 2.71 bits per heavy atom. The third-order valence-electron chi connectivity index (χ3n) is 3.31. The van der Waals surface area contributed by atoms with Gasteiger partial charge in [-0.3, -0.25) is 9.82 Å². The molecule has 0 aliphatic heterocycles. The number of benzene rings is 1. The van der Waals surface area contributed by atoms with Gasteiger partial charge in [0.2, 0.25) is 0 Å². The molecule has 0 saturated heterocycles. The smallest absolute Gasteiger partial charge is 0.265 e. The lowest BCUT2D eigenvalue weighted by molar-refractivity contribution is 0.600. The van der Waals surface area contributed by atoms with Crippen LogP contribution in [0.25, 0.3) is 11.0 Å². The molecule has 1 aromatic carbocycles. The van der Waals surface area contributed by atoms with Gasteiger partial charge in [-0.15, -0.1) is 0 Å². The molecule has 3 rings (SSSR count). The van der Waals surface area contributed by atoms with E-state index in [9.17, 15) is 8.42 Å². The predicted molar refractivity (Wildman–Crippen MR) is 79.6 cm³/mol. The zero-order valence-electron chi connectivity index (χ0n) is 11.9. The molecule has 0 fully saturated rings. The first-order valence-electron chi connectivity index (χ1n) is 6.34. The van der Waals surface area contributed by atoms with Crippen LogP contribution in [0.1, 0.15) is 11.4 Å². The standard InChI is InChI=1S/C13H15N5O2S/c1-8-13(9(2)16-15-8)21(19,20)17-10-4-5-12-11(6-10)14-7-18(12)3/h4-7,17H,1-3H3,(H,15,16). The molecule has 3 aromatic rings. The van der Waals surface area contributed by atoms with Crippen molar-refractivity contribution in [2.45, 2.75) is 18.7 Å². The van der Waals surface area contributed by atoms with Crippen LogP contribution in [0.5, 0.6) is 0 Å². The largest absolute Gasteiger partial charge is 0.334 e. The van der Waals surface area contributed by atoms with Crippen LogP contribution in [0.2, 0.25) is 0 Å². The van der Waals surface area contributed by atoms with Crippen molar-refractivity contribution in [3.8, 4) is 0 Å². The lowest BCUT2D eigenvalue weighted by Crippen LogP contribution is -2.14. The number of aromatic nitrogens is 4. The third-order valence-corrected chi connectivity index (χ3v) is 4.95. The van der Waals surface area contributed by atoms with Crippen molar-refractivity contribution in [2.75, 3.05) is 4.72 Å². The van der Waals surface area contributed by atoms with Crippen LogP contribution >= 0.6 is 0 Å². The maximum absolute atomic E-state index is 12.4. The predicted octanol–water partition coefficient (Wildman–Crippen LogP) is 1.71. The van der Waals surface area contributed by atoms with Crippen molar-refractivity contribution in [1.82, 2.24) is 19.7 Å². The van der Waals surface area contributed by atoms with Crippen LogP contribution in [0, 0.1) is 13.8 Å². The minimum absolute atomic E-state index is 0.184. The number of hydrogen-bond donors (Lipinski definition) is 2. The molecule has 0 aliphatic carbocycles. The molecule has 2 heterocycles. The monoisotopic (exact) mass is 305 g/mol. The lowest BCUT2D eigenvalue weighted by atomic mass is 10.3. The van der Waals surface area contributed by atoms with E-state index in [1.807, 2.05) is 17.7 Å². The van der Waals surface area contributed by atoms with Gasteiger partial charge in [-0.1, -0.05) is 0 Å². The maximum Gasteiger partial charge on any atom is 0.265 e. The van der Waals surface area contributed by atoms with Gasteiger partial charge in [0.15, 0.2) is 0 Å². The number of nitrogens with zero attached hydrogens (tertiary/aromatic N) is 3. The summed E-state index contributed by atoms with van der Waals surface area (Å²) in [5.41, 5.74) is 3.10. The van der Waals surface area contributed by atoms with Crippen molar-refractivity contribution < 1.29 is 8.42 Å². The van der Waals surface area contributed by atoms with E-state index in [1.54, 1.807) is 32.3 Å². The molecule has 0 spiro atoms. The number of fused-ring (bicyclic) bond motifs is 1. The molecule has 0 bridgehead atoms. The maximum atomic E-state index is 12.4. The van der Waals surface area contributed by atoms with Gasteiger partial charge < -0.3 is 4.57 Å². The highest BCUT2D eigenvalue weighted by Gasteiger charge is 2.22. The van der Waals surface area contributed by atoms with Crippen molar-refractivity contribution in [1.29, 1.82) is 0 Å². The molecular weight excluding hydrogens is 290 g/mol. The Labute approximate surface area is 122 Å². The van der Waals surface area contributed by atoms with E-state index in [2.05, 4.69) is 19.9 Å². The van der Waals surface area contributed by atoms with E-state index in [0.717, 1.165) is 11.0 Å². The van der Waals surface area contributed by atoms with Crippen LogP contribution in [0.3, 0.4) is 0 Å². The fraction of sp³-hybridized carbons (Fsp3) is 0.231. The summed E-state index contributed by atoms with van der Waals surface area (Å²) in [7, 11) is -1.79. The zero-order valence-corrected chi connectivity index (χ0v) is 12.7. The summed E-state index contributed by atoms with van der Waals surface area (Å²) < 4.78 is 29.3. The highest BCUT2D eigenvalue weighted by atomic mass is 32.2. The Morgan fingerprint density at radius 2 is 2.05 bits per heavy atom. The molecule has 2 aromatic heterocycles. The zero-order chi connectivity index (χ0) is 15.2. The Kier molecular flexibility index (Phi) is 2.98. The minimum Gasteiger partial charge on any atom is -0.334 e. The third kappa shape index (κ3) is 2.27. The molecule has 8 heteroatoms. The van der Waals surface area contributed by atoms with Gasteiger partial charge in [0.05, 0.1) is 34.4 Å². The Balaban J connectivity index is 2.01. The summed E-state index contributed by atoms with van der Waals surface area (Å²) in [5, 5.41) is 6.59. The van der Waals surface area contributed by atoms with E-state index in [0.29, 0.717) is 17.1 Å². The number of H-pyrrole nitrogens is 1. The van der Waals surface area contributed by atoms with Crippen LogP contribution in [-0.4, -0.2) is 28.2 Å². The number of nitrogens with one attached hydrogen (secondary N) is 2. The molecular formula is C13H15N5O2S. The molecule has 0 aliphatic rings. The number of hydrogen-bond acceptors (Lipinski definition) is 4. The summed E-state index contributed by atoms with van der Waals surface area (Å²) in [4.78, 5) is 4.40. The fourth-order valence-electron chi connectivity index (χ4n) is 2.34. The summed E-state index contributed by atoms with van der Waals surface area (Å²) >= 11 is 0. The van der Waals surface area contributed by atoms with Gasteiger partial charge >= 0.3 is 0 Å². The Bertz CT molecular complexity index is 904. The van der Waals surface area contributed by atoms with Crippen LogP contribution < -0.4 is 4.72 Å². The summed E-state index contributed by atoms with van der Waals surface area (Å²) in [6, 6.07) is 5.25. The normalized spacial score (nSPS) is 12.0. The number of sulfonamides is 1. The number of aromatic amines is 1. The molecule has 2 N–H and O–H groups in total. The molecule has 21 heavy (non-hydrogen) atoms. The number of anilines is 1. The van der Waals surface area contributed by atoms with E-state index in [1.165, 1.54) is 0 Å².